The minimum atomic E-state index is -4.82. The zero-order chi connectivity index (χ0) is 45.1. The number of carbonyl (C=O) groups is 4. The van der Waals surface area contributed by atoms with E-state index in [4.69, 9.17) is 4.74 Å². The lowest BCUT2D eigenvalue weighted by atomic mass is 9.95. The number of rotatable bonds is 18. The number of ketones is 1. The summed E-state index contributed by atoms with van der Waals surface area (Å²) in [7, 11) is 0. The van der Waals surface area contributed by atoms with Gasteiger partial charge in [0.2, 0.25) is 11.8 Å². The quantitative estimate of drug-likeness (QED) is 0.0445. The molecule has 0 bridgehead atoms. The van der Waals surface area contributed by atoms with Crippen molar-refractivity contribution in [2.75, 3.05) is 18.5 Å². The van der Waals surface area contributed by atoms with Gasteiger partial charge in [-0.3, -0.25) is 23.9 Å². The molecule has 0 unspecified atom stereocenters. The highest BCUT2D eigenvalue weighted by atomic mass is 19.4. The molecule has 1 saturated heterocycles. The van der Waals surface area contributed by atoms with Gasteiger partial charge in [0.15, 0.2) is 11.6 Å². The van der Waals surface area contributed by atoms with Crippen LogP contribution < -0.4 is 10.6 Å². The summed E-state index contributed by atoms with van der Waals surface area (Å²) in [5.74, 6) is -7.73. The number of pyridine rings is 1. The van der Waals surface area contributed by atoms with E-state index in [-0.39, 0.29) is 43.3 Å². The number of hydrogen-bond donors (Lipinski definition) is 2. The van der Waals surface area contributed by atoms with Crippen molar-refractivity contribution in [3.05, 3.63) is 89.5 Å². The third kappa shape index (κ3) is 9.44. The Kier molecular flexibility index (Phi) is 13.4. The van der Waals surface area contributed by atoms with Gasteiger partial charge in [0.05, 0.1) is 18.7 Å². The van der Waals surface area contributed by atoms with Gasteiger partial charge >= 0.3 is 12.1 Å². The number of hydrogen-bond acceptors (Lipinski definition) is 9. The predicted molar refractivity (Wildman–Crippen MR) is 220 cm³/mol. The molecule has 1 aliphatic heterocycles. The number of aryl methyl sites for hydroxylation is 2. The van der Waals surface area contributed by atoms with Gasteiger partial charge in [-0.25, -0.2) is 15.0 Å². The lowest BCUT2D eigenvalue weighted by Crippen LogP contribution is -2.47. The second kappa shape index (κ2) is 18.2. The number of piperidine rings is 1. The Morgan fingerprint density at radius 3 is 2.45 bits per heavy atom. The number of carbonyl (C=O) groups excluding carboxylic acids is 4. The minimum Gasteiger partial charge on any atom is -0.373 e. The summed E-state index contributed by atoms with van der Waals surface area (Å²) in [5.41, 5.74) is 0.234. The Balaban J connectivity index is 1.36. The molecular formula is C44H49F5N8O5. The number of likely N-dealkylation sites (tertiary alicyclic amines) is 1. The van der Waals surface area contributed by atoms with Crippen molar-refractivity contribution >= 4 is 40.2 Å². The summed E-state index contributed by atoms with van der Waals surface area (Å²) in [6, 6.07) is 3.29. The highest BCUT2D eigenvalue weighted by Gasteiger charge is 2.72. The van der Waals surface area contributed by atoms with Crippen LogP contribution in [-0.2, 0) is 38.4 Å². The highest BCUT2D eigenvalue weighted by molar-refractivity contribution is 6.07. The summed E-state index contributed by atoms with van der Waals surface area (Å²) in [5, 5.41) is 9.74. The number of allylic oxidation sites excluding steroid dienone is 1. The average molecular weight is 865 g/mol. The summed E-state index contributed by atoms with van der Waals surface area (Å²) in [4.78, 5) is 68.6. The number of nitrogens with zero attached hydrogens (tertiary/aromatic N) is 6. The van der Waals surface area contributed by atoms with Gasteiger partial charge < -0.3 is 20.3 Å². The Labute approximate surface area is 355 Å². The molecule has 6 rings (SSSR count). The number of fused-ring (bicyclic) bond motifs is 2. The molecule has 1 aliphatic carbocycles. The SMILES string of the molecule is C=CCOCc1cc(-c2ncc(C)cn2)cc2c(C(C)=O)nn(CC(=O)N3[C@H](C(=O)Nc4nc(C(F)(F)F)ccc4C)C[C@@]4(CNC(=O)C(F)(F)/C=C/CCCCC)[C@@H](C)[C@@H]34)c12. The number of anilines is 1. The first-order valence-electron chi connectivity index (χ1n) is 20.4. The number of benzene rings is 1. The first kappa shape index (κ1) is 45.6. The molecule has 62 heavy (non-hydrogen) atoms. The molecule has 3 amide bonds. The monoisotopic (exact) mass is 864 g/mol. The second-order valence-electron chi connectivity index (χ2n) is 16.0. The Morgan fingerprint density at radius 1 is 1.06 bits per heavy atom. The Morgan fingerprint density at radius 2 is 1.79 bits per heavy atom. The summed E-state index contributed by atoms with van der Waals surface area (Å²) >= 11 is 0. The highest BCUT2D eigenvalue weighted by Crippen LogP contribution is 2.64. The third-order valence-corrected chi connectivity index (χ3v) is 11.5. The van der Waals surface area contributed by atoms with Gasteiger partial charge in [-0.15, -0.1) is 6.58 Å². The zero-order valence-electron chi connectivity index (χ0n) is 35.1. The van der Waals surface area contributed by atoms with Gasteiger partial charge in [-0.05, 0) is 74.4 Å². The van der Waals surface area contributed by atoms with Crippen molar-refractivity contribution in [1.29, 1.82) is 0 Å². The van der Waals surface area contributed by atoms with Crippen LogP contribution in [0.2, 0.25) is 0 Å². The lowest BCUT2D eigenvalue weighted by molar-refractivity contribution is -0.141. The number of nitrogens with one attached hydrogen (secondary N) is 2. The molecule has 2 fully saturated rings. The maximum absolute atomic E-state index is 15.0. The number of ether oxygens (including phenoxy) is 1. The normalized spacial score (nSPS) is 19.8. The van der Waals surface area contributed by atoms with Crippen molar-refractivity contribution in [2.45, 2.75) is 104 Å². The zero-order valence-corrected chi connectivity index (χ0v) is 35.1. The number of aromatic nitrogens is 5. The van der Waals surface area contributed by atoms with E-state index in [0.717, 1.165) is 30.5 Å². The fourth-order valence-electron chi connectivity index (χ4n) is 8.25. The van der Waals surface area contributed by atoms with Crippen LogP contribution >= 0.6 is 0 Å². The molecule has 0 spiro atoms. The van der Waals surface area contributed by atoms with E-state index in [1.165, 1.54) is 29.5 Å². The summed E-state index contributed by atoms with van der Waals surface area (Å²) < 4.78 is 78.0. The first-order valence-corrected chi connectivity index (χ1v) is 20.4. The van der Waals surface area contributed by atoms with Crippen molar-refractivity contribution in [1.82, 2.24) is 34.9 Å². The molecule has 1 aromatic carbocycles. The van der Waals surface area contributed by atoms with Crippen LogP contribution in [0.1, 0.15) is 85.7 Å². The number of halogens is 5. The van der Waals surface area contributed by atoms with Crippen LogP contribution in [0.15, 0.2) is 61.5 Å². The Bertz CT molecular complexity index is 2400. The molecule has 2 N–H and O–H groups in total. The van der Waals surface area contributed by atoms with Crippen molar-refractivity contribution in [3.63, 3.8) is 0 Å². The minimum absolute atomic E-state index is 0.00142. The largest absolute Gasteiger partial charge is 0.433 e. The second-order valence-corrected chi connectivity index (χ2v) is 16.0. The molecule has 0 radical (unpaired) electrons. The molecule has 4 heterocycles. The van der Waals surface area contributed by atoms with E-state index < -0.39 is 71.3 Å². The number of unbranched alkanes of at least 4 members (excludes halogenated alkanes) is 3. The molecular weight excluding hydrogens is 816 g/mol. The standard InChI is InChI=1S/C44H49F5N8O5/c1-7-9-10-11-12-15-43(45,46)41(61)52-24-42-19-32(40(60)54-38-26(4)13-14-33(53-38)44(47,48)49)57(37(42)27(42)5)34(59)22-56-36-30(23-62-16-8-2)17-29(39-50-20-25(3)21-51-39)18-31(36)35(55-56)28(6)58/h8,12-15,17-18,20-21,27,32,37H,2,7,9-11,16,19,22-24H2,1,3-6H3,(H,52,61)(H,53,54,60)/b15-12+/t27-,32-,37+,42+/m0/s1. The molecule has 1 saturated carbocycles. The van der Waals surface area contributed by atoms with Crippen LogP contribution in [0.25, 0.3) is 22.3 Å². The van der Waals surface area contributed by atoms with E-state index in [1.54, 1.807) is 37.5 Å². The van der Waals surface area contributed by atoms with Gasteiger partial charge in [-0.1, -0.05) is 44.9 Å². The topological polar surface area (TPSA) is 161 Å². The summed E-state index contributed by atoms with van der Waals surface area (Å²) in [6.07, 6.45) is 4.54. The van der Waals surface area contributed by atoms with Crippen LogP contribution in [0, 0.1) is 25.2 Å². The fourth-order valence-corrected chi connectivity index (χ4v) is 8.25. The molecule has 4 atom stereocenters. The van der Waals surface area contributed by atoms with Crippen molar-refractivity contribution in [3.8, 4) is 11.4 Å². The van der Waals surface area contributed by atoms with E-state index in [9.17, 15) is 41.1 Å². The van der Waals surface area contributed by atoms with Crippen LogP contribution in [0.5, 0.6) is 0 Å². The maximum Gasteiger partial charge on any atom is 0.433 e. The molecule has 4 aromatic rings. The Hall–Kier alpha value is -5.91. The van der Waals surface area contributed by atoms with E-state index in [0.29, 0.717) is 46.8 Å². The van der Waals surface area contributed by atoms with Gasteiger partial charge in [0.25, 0.3) is 5.91 Å². The summed E-state index contributed by atoms with van der Waals surface area (Å²) in [6.45, 7) is 11.4. The lowest BCUT2D eigenvalue weighted by Gasteiger charge is -2.28. The number of Topliss-reactive ketones (excluding diaryl/α,β-unsaturated/α-hetero) is 1. The smallest absolute Gasteiger partial charge is 0.373 e. The van der Waals surface area contributed by atoms with Crippen molar-refractivity contribution < 1.29 is 45.9 Å². The molecule has 18 heteroatoms. The van der Waals surface area contributed by atoms with Crippen LogP contribution in [-0.4, -0.2) is 84.3 Å². The number of alkyl halides is 5. The van der Waals surface area contributed by atoms with Gasteiger partial charge in [0.1, 0.15) is 29.8 Å². The number of amides is 3. The van der Waals surface area contributed by atoms with E-state index in [1.807, 2.05) is 13.8 Å². The maximum atomic E-state index is 15.0. The average Bonchev–Trinajstić information content (AvgIpc) is 3.46. The fraction of sp³-hybridized carbons (Fsp3) is 0.455. The molecule has 330 valence electrons. The predicted octanol–water partition coefficient (Wildman–Crippen LogP) is 7.56. The molecule has 2 aliphatic rings. The van der Waals surface area contributed by atoms with E-state index >= 15 is 0 Å². The van der Waals surface area contributed by atoms with Gasteiger partial charge in [0, 0.05) is 53.8 Å². The van der Waals surface area contributed by atoms with Crippen LogP contribution in [0.4, 0.5) is 27.8 Å². The molecule has 3 aromatic heterocycles. The van der Waals surface area contributed by atoms with Gasteiger partial charge in [-0.2, -0.15) is 27.1 Å². The van der Waals surface area contributed by atoms with Crippen LogP contribution in [0.3, 0.4) is 0 Å². The first-order chi connectivity index (χ1) is 29.3. The van der Waals surface area contributed by atoms with E-state index in [2.05, 4.69) is 37.3 Å². The third-order valence-electron chi connectivity index (χ3n) is 11.5. The molecule has 13 nitrogen and oxygen atoms in total. The van der Waals surface area contributed by atoms with Crippen molar-refractivity contribution in [2.24, 2.45) is 11.3 Å².